The Morgan fingerprint density at radius 2 is 1.88 bits per heavy atom. The highest BCUT2D eigenvalue weighted by Gasteiger charge is 2.17. The summed E-state index contributed by atoms with van der Waals surface area (Å²) < 4.78 is 28.1. The van der Waals surface area contributed by atoms with Crippen LogP contribution in [0.2, 0.25) is 0 Å². The molecular formula is C18H13F2N3O2. The topological polar surface area (TPSA) is 64.0 Å². The summed E-state index contributed by atoms with van der Waals surface area (Å²) in [5, 5.41) is 2.88. The van der Waals surface area contributed by atoms with E-state index < -0.39 is 17.5 Å². The van der Waals surface area contributed by atoms with Crippen molar-refractivity contribution < 1.29 is 13.6 Å². The lowest BCUT2D eigenvalue weighted by Gasteiger charge is -2.08. The fraction of sp³-hybridized carbons (Fsp3) is 0.167. The second-order valence-corrected chi connectivity index (χ2v) is 5.93. The van der Waals surface area contributed by atoms with Crippen molar-refractivity contribution in [3.8, 4) is 0 Å². The van der Waals surface area contributed by atoms with Crippen LogP contribution in [0.3, 0.4) is 0 Å². The van der Waals surface area contributed by atoms with Crippen LogP contribution in [-0.4, -0.2) is 15.5 Å². The number of anilines is 1. The molecule has 7 heteroatoms. The van der Waals surface area contributed by atoms with Gasteiger partial charge in [-0.15, -0.1) is 0 Å². The van der Waals surface area contributed by atoms with Gasteiger partial charge in [0.05, 0.1) is 10.9 Å². The SMILES string of the molecule is O=C(Nc1cc(F)cc(F)c1)c1ccc2c(=O)n3c(nc2c1)CCC3. The van der Waals surface area contributed by atoms with Crippen LogP contribution in [-0.2, 0) is 13.0 Å². The largest absolute Gasteiger partial charge is 0.322 e. The van der Waals surface area contributed by atoms with Gasteiger partial charge in [0.1, 0.15) is 17.5 Å². The quantitative estimate of drug-likeness (QED) is 0.779. The minimum Gasteiger partial charge on any atom is -0.322 e. The highest BCUT2D eigenvalue weighted by molar-refractivity contribution is 6.06. The van der Waals surface area contributed by atoms with E-state index in [2.05, 4.69) is 10.3 Å². The lowest BCUT2D eigenvalue weighted by atomic mass is 10.1. The van der Waals surface area contributed by atoms with Crippen LogP contribution in [0.25, 0.3) is 10.9 Å². The van der Waals surface area contributed by atoms with Gasteiger partial charge < -0.3 is 5.32 Å². The Morgan fingerprint density at radius 3 is 2.64 bits per heavy atom. The Balaban J connectivity index is 1.70. The molecule has 4 rings (SSSR count). The summed E-state index contributed by atoms with van der Waals surface area (Å²) in [6, 6.07) is 7.35. The molecule has 0 fully saturated rings. The normalized spacial score (nSPS) is 13.0. The van der Waals surface area contributed by atoms with E-state index >= 15 is 0 Å². The van der Waals surface area contributed by atoms with Gasteiger partial charge in [-0.25, -0.2) is 13.8 Å². The second-order valence-electron chi connectivity index (χ2n) is 5.93. The molecule has 126 valence electrons. The van der Waals surface area contributed by atoms with E-state index in [0.717, 1.165) is 31.0 Å². The molecule has 1 N–H and O–H groups in total. The van der Waals surface area contributed by atoms with Crippen molar-refractivity contribution in [2.45, 2.75) is 19.4 Å². The lowest BCUT2D eigenvalue weighted by Crippen LogP contribution is -2.21. The van der Waals surface area contributed by atoms with Crippen LogP contribution in [0, 0.1) is 11.6 Å². The monoisotopic (exact) mass is 341 g/mol. The maximum absolute atomic E-state index is 13.2. The number of hydrogen-bond acceptors (Lipinski definition) is 3. The number of aromatic nitrogens is 2. The van der Waals surface area contributed by atoms with E-state index in [9.17, 15) is 18.4 Å². The number of fused-ring (bicyclic) bond motifs is 2. The molecular weight excluding hydrogens is 328 g/mol. The van der Waals surface area contributed by atoms with E-state index in [-0.39, 0.29) is 16.8 Å². The fourth-order valence-electron chi connectivity index (χ4n) is 3.05. The van der Waals surface area contributed by atoms with E-state index in [1.54, 1.807) is 10.6 Å². The Kier molecular flexibility index (Phi) is 3.56. The number of nitrogens with one attached hydrogen (secondary N) is 1. The summed E-state index contributed by atoms with van der Waals surface area (Å²) in [7, 11) is 0. The zero-order chi connectivity index (χ0) is 17.6. The van der Waals surface area contributed by atoms with Crippen LogP contribution in [0.1, 0.15) is 22.6 Å². The molecule has 1 amide bonds. The highest BCUT2D eigenvalue weighted by atomic mass is 19.1. The molecule has 0 bridgehead atoms. The molecule has 5 nitrogen and oxygen atoms in total. The average molecular weight is 341 g/mol. The van der Waals surface area contributed by atoms with Crippen LogP contribution >= 0.6 is 0 Å². The number of hydrogen-bond donors (Lipinski definition) is 1. The average Bonchev–Trinajstić information content (AvgIpc) is 3.02. The van der Waals surface area contributed by atoms with Gasteiger partial charge in [-0.05, 0) is 36.8 Å². The first-order valence-corrected chi connectivity index (χ1v) is 7.82. The van der Waals surface area contributed by atoms with Gasteiger partial charge in [0, 0.05) is 30.3 Å². The summed E-state index contributed by atoms with van der Waals surface area (Å²) >= 11 is 0. The molecule has 0 spiro atoms. The molecule has 1 aliphatic heterocycles. The number of rotatable bonds is 2. The number of halogens is 2. The van der Waals surface area contributed by atoms with Gasteiger partial charge in [0.15, 0.2) is 0 Å². The molecule has 0 saturated heterocycles. The first-order chi connectivity index (χ1) is 12.0. The number of benzene rings is 2. The Labute approximate surface area is 140 Å². The van der Waals surface area contributed by atoms with Crippen LogP contribution in [0.5, 0.6) is 0 Å². The van der Waals surface area contributed by atoms with Gasteiger partial charge in [0.25, 0.3) is 11.5 Å². The molecule has 2 heterocycles. The summed E-state index contributed by atoms with van der Waals surface area (Å²) in [4.78, 5) is 29.2. The van der Waals surface area contributed by atoms with Crippen molar-refractivity contribution in [1.29, 1.82) is 0 Å². The Morgan fingerprint density at radius 1 is 1.12 bits per heavy atom. The minimum absolute atomic E-state index is 0.0181. The highest BCUT2D eigenvalue weighted by Crippen LogP contribution is 2.18. The molecule has 0 unspecified atom stereocenters. The van der Waals surface area contributed by atoms with Crippen molar-refractivity contribution in [3.05, 3.63) is 69.8 Å². The third-order valence-corrected chi connectivity index (χ3v) is 4.20. The first kappa shape index (κ1) is 15.4. The summed E-state index contributed by atoms with van der Waals surface area (Å²) in [5.41, 5.74) is 0.601. The first-order valence-electron chi connectivity index (χ1n) is 7.82. The predicted molar refractivity (Wildman–Crippen MR) is 88.6 cm³/mol. The predicted octanol–water partition coefficient (Wildman–Crippen LogP) is 2.87. The molecule has 0 saturated carbocycles. The maximum atomic E-state index is 13.2. The fourth-order valence-corrected chi connectivity index (χ4v) is 3.05. The number of carbonyl (C=O) groups excluding carboxylic acids is 1. The summed E-state index contributed by atoms with van der Waals surface area (Å²) in [6.45, 7) is 0.657. The van der Waals surface area contributed by atoms with Gasteiger partial charge in [-0.1, -0.05) is 0 Å². The Hall–Kier alpha value is -3.09. The third kappa shape index (κ3) is 2.77. The number of nitrogens with zero attached hydrogens (tertiary/aromatic N) is 2. The van der Waals surface area contributed by atoms with Crippen molar-refractivity contribution in [1.82, 2.24) is 9.55 Å². The zero-order valence-corrected chi connectivity index (χ0v) is 13.1. The van der Waals surface area contributed by atoms with Crippen LogP contribution in [0.4, 0.5) is 14.5 Å². The van der Waals surface area contributed by atoms with Gasteiger partial charge in [-0.2, -0.15) is 0 Å². The van der Waals surface area contributed by atoms with Crippen LogP contribution in [0.15, 0.2) is 41.2 Å². The van der Waals surface area contributed by atoms with Gasteiger partial charge in [0.2, 0.25) is 0 Å². The van der Waals surface area contributed by atoms with Crippen molar-refractivity contribution >= 4 is 22.5 Å². The minimum atomic E-state index is -0.779. The van der Waals surface area contributed by atoms with Crippen molar-refractivity contribution in [3.63, 3.8) is 0 Å². The van der Waals surface area contributed by atoms with Crippen molar-refractivity contribution in [2.24, 2.45) is 0 Å². The molecule has 1 aromatic heterocycles. The molecule has 1 aliphatic rings. The molecule has 3 aromatic rings. The molecule has 25 heavy (non-hydrogen) atoms. The van der Waals surface area contributed by atoms with E-state index in [1.807, 2.05) is 0 Å². The number of aryl methyl sites for hydroxylation is 1. The maximum Gasteiger partial charge on any atom is 0.261 e. The standard InChI is InChI=1S/C18H13F2N3O2/c19-11-7-12(20)9-13(8-11)21-17(24)10-3-4-14-15(6-10)22-16-2-1-5-23(16)18(14)25/h3-4,6-9H,1-2,5H2,(H,21,24). The molecule has 0 atom stereocenters. The molecule has 0 aliphatic carbocycles. The number of amides is 1. The number of carbonyl (C=O) groups is 1. The molecule has 0 radical (unpaired) electrons. The lowest BCUT2D eigenvalue weighted by molar-refractivity contribution is 0.102. The van der Waals surface area contributed by atoms with Crippen LogP contribution < -0.4 is 10.9 Å². The third-order valence-electron chi connectivity index (χ3n) is 4.20. The van der Waals surface area contributed by atoms with Crippen molar-refractivity contribution in [2.75, 3.05) is 5.32 Å². The van der Waals surface area contributed by atoms with E-state index in [0.29, 0.717) is 23.3 Å². The van der Waals surface area contributed by atoms with Gasteiger partial charge in [-0.3, -0.25) is 14.2 Å². The zero-order valence-electron chi connectivity index (χ0n) is 13.1. The summed E-state index contributed by atoms with van der Waals surface area (Å²) in [6.07, 6.45) is 1.60. The van der Waals surface area contributed by atoms with Gasteiger partial charge >= 0.3 is 0 Å². The summed E-state index contributed by atoms with van der Waals surface area (Å²) in [5.74, 6) is -1.38. The van der Waals surface area contributed by atoms with E-state index in [1.165, 1.54) is 12.1 Å². The Bertz CT molecular complexity index is 1060. The molecule has 2 aromatic carbocycles. The smallest absolute Gasteiger partial charge is 0.261 e. The van der Waals surface area contributed by atoms with E-state index in [4.69, 9.17) is 0 Å². The second kappa shape index (κ2) is 5.77.